The van der Waals surface area contributed by atoms with Gasteiger partial charge < -0.3 is 15.2 Å². The first-order chi connectivity index (χ1) is 8.14. The number of ether oxygens (including phenoxy) is 1. The number of nitrogens with one attached hydrogen (secondary N) is 1. The van der Waals surface area contributed by atoms with Crippen LogP contribution >= 0.6 is 11.3 Å². The van der Waals surface area contributed by atoms with Crippen molar-refractivity contribution in [2.24, 2.45) is 5.41 Å². The summed E-state index contributed by atoms with van der Waals surface area (Å²) in [5.41, 5.74) is -0.195. The topological polar surface area (TPSA) is 54.4 Å². The Labute approximate surface area is 106 Å². The predicted octanol–water partition coefficient (Wildman–Crippen LogP) is 1.37. The van der Waals surface area contributed by atoms with E-state index in [0.717, 1.165) is 18.0 Å². The van der Waals surface area contributed by atoms with Crippen molar-refractivity contribution in [1.82, 2.24) is 10.3 Å². The van der Waals surface area contributed by atoms with Gasteiger partial charge in [0.05, 0.1) is 30.8 Å². The lowest BCUT2D eigenvalue weighted by Crippen LogP contribution is -2.55. The third-order valence-electron chi connectivity index (χ3n) is 3.62. The Balaban J connectivity index is 2.00. The van der Waals surface area contributed by atoms with E-state index in [-0.39, 0.29) is 17.6 Å². The number of aromatic nitrogens is 1. The molecule has 1 fully saturated rings. The summed E-state index contributed by atoms with van der Waals surface area (Å²) in [5, 5.41) is 16.1. The lowest BCUT2D eigenvalue weighted by atomic mass is 9.85. The Hall–Kier alpha value is -0.490. The molecule has 0 aromatic carbocycles. The highest BCUT2D eigenvalue weighted by molar-refractivity contribution is 7.09. The minimum atomic E-state index is -0.105. The fourth-order valence-electron chi connectivity index (χ4n) is 1.87. The van der Waals surface area contributed by atoms with Crippen molar-refractivity contribution < 1.29 is 9.84 Å². The molecule has 1 aromatic heterocycles. The van der Waals surface area contributed by atoms with Crippen LogP contribution in [0.3, 0.4) is 0 Å². The summed E-state index contributed by atoms with van der Waals surface area (Å²) in [7, 11) is 0. The second kappa shape index (κ2) is 5.02. The SMILES string of the molecule is CCC(C)(NCC1(CO)COC1)c1nccs1. The molecule has 0 radical (unpaired) electrons. The molecule has 4 nitrogen and oxygen atoms in total. The van der Waals surface area contributed by atoms with E-state index in [2.05, 4.69) is 24.1 Å². The molecule has 17 heavy (non-hydrogen) atoms. The lowest BCUT2D eigenvalue weighted by molar-refractivity contribution is -0.136. The predicted molar refractivity (Wildman–Crippen MR) is 68.1 cm³/mol. The van der Waals surface area contributed by atoms with Crippen molar-refractivity contribution in [2.75, 3.05) is 26.4 Å². The first-order valence-electron chi connectivity index (χ1n) is 5.98. The summed E-state index contributed by atoms with van der Waals surface area (Å²) in [4.78, 5) is 4.39. The summed E-state index contributed by atoms with van der Waals surface area (Å²) >= 11 is 1.67. The Kier molecular flexibility index (Phi) is 3.82. The molecule has 0 bridgehead atoms. The third-order valence-corrected chi connectivity index (χ3v) is 4.65. The zero-order valence-electron chi connectivity index (χ0n) is 10.4. The molecular weight excluding hydrogens is 236 g/mol. The molecule has 0 spiro atoms. The van der Waals surface area contributed by atoms with Gasteiger partial charge in [-0.05, 0) is 13.3 Å². The number of hydrogen-bond donors (Lipinski definition) is 2. The normalized spacial score (nSPS) is 21.8. The lowest BCUT2D eigenvalue weighted by Gasteiger charge is -2.42. The van der Waals surface area contributed by atoms with Gasteiger partial charge in [0.25, 0.3) is 0 Å². The van der Waals surface area contributed by atoms with Crippen molar-refractivity contribution in [2.45, 2.75) is 25.8 Å². The van der Waals surface area contributed by atoms with Crippen molar-refractivity contribution in [1.29, 1.82) is 0 Å². The summed E-state index contributed by atoms with van der Waals surface area (Å²) in [5.74, 6) is 0. The van der Waals surface area contributed by atoms with Gasteiger partial charge in [0.15, 0.2) is 0 Å². The van der Waals surface area contributed by atoms with Crippen molar-refractivity contribution in [3.05, 3.63) is 16.6 Å². The standard InChI is InChI=1S/C12H20N2O2S/c1-3-11(2,10-13-4-5-17-10)14-6-12(7-15)8-16-9-12/h4-5,14-15H,3,6-9H2,1-2H3. The van der Waals surface area contributed by atoms with Gasteiger partial charge in [0.2, 0.25) is 0 Å². The first kappa shape index (κ1) is 13.0. The van der Waals surface area contributed by atoms with Crippen LogP contribution in [-0.2, 0) is 10.3 Å². The van der Waals surface area contributed by atoms with E-state index in [0.29, 0.717) is 13.2 Å². The van der Waals surface area contributed by atoms with Crippen LogP contribution in [0, 0.1) is 5.41 Å². The summed E-state index contributed by atoms with van der Waals surface area (Å²) in [6.07, 6.45) is 2.81. The van der Waals surface area contributed by atoms with E-state index in [1.165, 1.54) is 0 Å². The van der Waals surface area contributed by atoms with Gasteiger partial charge in [-0.15, -0.1) is 11.3 Å². The molecule has 1 unspecified atom stereocenters. The summed E-state index contributed by atoms with van der Waals surface area (Å²) < 4.78 is 5.21. The third kappa shape index (κ3) is 2.52. The van der Waals surface area contributed by atoms with E-state index >= 15 is 0 Å². The molecule has 0 aliphatic carbocycles. The maximum absolute atomic E-state index is 9.40. The van der Waals surface area contributed by atoms with Gasteiger partial charge in [-0.1, -0.05) is 6.92 Å². The molecule has 0 amide bonds. The van der Waals surface area contributed by atoms with Crippen LogP contribution in [0.4, 0.5) is 0 Å². The minimum absolute atomic E-state index is 0.0896. The highest BCUT2D eigenvalue weighted by Gasteiger charge is 2.40. The van der Waals surface area contributed by atoms with Crippen LogP contribution in [0.15, 0.2) is 11.6 Å². The number of rotatable bonds is 6. The van der Waals surface area contributed by atoms with Gasteiger partial charge in [-0.2, -0.15) is 0 Å². The molecule has 5 heteroatoms. The van der Waals surface area contributed by atoms with E-state index in [1.807, 2.05) is 11.6 Å². The highest BCUT2D eigenvalue weighted by atomic mass is 32.1. The van der Waals surface area contributed by atoms with E-state index in [4.69, 9.17) is 4.74 Å². The maximum Gasteiger partial charge on any atom is 0.112 e. The zero-order chi connectivity index (χ0) is 12.4. The molecule has 1 atom stereocenters. The van der Waals surface area contributed by atoms with Gasteiger partial charge in [-0.3, -0.25) is 0 Å². The fourth-order valence-corrected chi connectivity index (χ4v) is 2.72. The monoisotopic (exact) mass is 256 g/mol. The van der Waals surface area contributed by atoms with E-state index < -0.39 is 0 Å². The molecule has 1 aromatic rings. The average Bonchev–Trinajstić information content (AvgIpc) is 2.82. The summed E-state index contributed by atoms with van der Waals surface area (Å²) in [6, 6.07) is 0. The molecule has 2 heterocycles. The van der Waals surface area contributed by atoms with Gasteiger partial charge >= 0.3 is 0 Å². The molecule has 96 valence electrons. The smallest absolute Gasteiger partial charge is 0.112 e. The molecule has 1 aliphatic heterocycles. The molecule has 0 saturated carbocycles. The molecule has 2 rings (SSSR count). The molecular formula is C12H20N2O2S. The number of thiazole rings is 1. The van der Waals surface area contributed by atoms with Crippen molar-refractivity contribution in [3.8, 4) is 0 Å². The Bertz CT molecular complexity index is 346. The Morgan fingerprint density at radius 2 is 2.41 bits per heavy atom. The van der Waals surface area contributed by atoms with Gasteiger partial charge in [0.1, 0.15) is 5.01 Å². The second-order valence-corrected chi connectivity index (χ2v) is 5.92. The molecule has 1 saturated heterocycles. The molecule has 2 N–H and O–H groups in total. The largest absolute Gasteiger partial charge is 0.396 e. The van der Waals surface area contributed by atoms with Crippen LogP contribution in [0.25, 0.3) is 0 Å². The Morgan fingerprint density at radius 1 is 1.65 bits per heavy atom. The van der Waals surface area contributed by atoms with E-state index in [9.17, 15) is 5.11 Å². The van der Waals surface area contributed by atoms with Gasteiger partial charge in [-0.25, -0.2) is 4.98 Å². The second-order valence-electron chi connectivity index (χ2n) is 5.03. The fraction of sp³-hybridized carbons (Fsp3) is 0.750. The average molecular weight is 256 g/mol. The van der Waals surface area contributed by atoms with Crippen molar-refractivity contribution >= 4 is 11.3 Å². The number of hydrogen-bond acceptors (Lipinski definition) is 5. The van der Waals surface area contributed by atoms with Crippen molar-refractivity contribution in [3.63, 3.8) is 0 Å². The van der Waals surface area contributed by atoms with Crippen LogP contribution in [0.1, 0.15) is 25.3 Å². The summed E-state index contributed by atoms with van der Waals surface area (Å²) in [6.45, 7) is 6.56. The van der Waals surface area contributed by atoms with Crippen LogP contribution < -0.4 is 5.32 Å². The van der Waals surface area contributed by atoms with Crippen LogP contribution in [-0.4, -0.2) is 36.5 Å². The zero-order valence-corrected chi connectivity index (χ0v) is 11.2. The quantitative estimate of drug-likeness (QED) is 0.807. The number of aliphatic hydroxyl groups is 1. The number of aliphatic hydroxyl groups excluding tert-OH is 1. The minimum Gasteiger partial charge on any atom is -0.396 e. The van der Waals surface area contributed by atoms with Crippen LogP contribution in [0.2, 0.25) is 0 Å². The highest BCUT2D eigenvalue weighted by Crippen LogP contribution is 2.30. The first-order valence-corrected chi connectivity index (χ1v) is 6.86. The van der Waals surface area contributed by atoms with Crippen LogP contribution in [0.5, 0.6) is 0 Å². The Morgan fingerprint density at radius 3 is 2.82 bits per heavy atom. The van der Waals surface area contributed by atoms with E-state index in [1.54, 1.807) is 11.3 Å². The van der Waals surface area contributed by atoms with Gasteiger partial charge in [0, 0.05) is 18.1 Å². The number of nitrogens with zero attached hydrogens (tertiary/aromatic N) is 1. The molecule has 1 aliphatic rings. The maximum atomic E-state index is 9.40.